The molecule has 1 heterocycles. The molecule has 21 heavy (non-hydrogen) atoms. The first-order chi connectivity index (χ1) is 10.2. The Morgan fingerprint density at radius 2 is 1.90 bits per heavy atom. The van der Waals surface area contributed by atoms with E-state index in [1.807, 2.05) is 25.1 Å². The zero-order valence-corrected chi connectivity index (χ0v) is 15.1. The van der Waals surface area contributed by atoms with Gasteiger partial charge in [0.05, 0.1) is 0 Å². The van der Waals surface area contributed by atoms with Crippen molar-refractivity contribution in [1.82, 2.24) is 4.98 Å². The van der Waals surface area contributed by atoms with E-state index in [1.165, 1.54) is 25.7 Å². The molecule has 3 rings (SSSR count). The number of aryl methyl sites for hydroxylation is 1. The Hall–Kier alpha value is -0.974. The summed E-state index contributed by atoms with van der Waals surface area (Å²) in [7, 11) is 0. The maximum absolute atomic E-state index is 6.02. The van der Waals surface area contributed by atoms with Crippen LogP contribution in [0.5, 0.6) is 5.75 Å². The van der Waals surface area contributed by atoms with Crippen molar-refractivity contribution in [2.75, 3.05) is 0 Å². The first kappa shape index (κ1) is 14.9. The molecule has 1 radical (unpaired) electrons. The van der Waals surface area contributed by atoms with Gasteiger partial charge >= 0.3 is 134 Å². The van der Waals surface area contributed by atoms with Crippen molar-refractivity contribution in [3.8, 4) is 5.75 Å². The third-order valence-corrected chi connectivity index (χ3v) is 5.98. The van der Waals surface area contributed by atoms with Gasteiger partial charge < -0.3 is 0 Å². The van der Waals surface area contributed by atoms with Crippen molar-refractivity contribution in [2.45, 2.75) is 45.6 Å². The summed E-state index contributed by atoms with van der Waals surface area (Å²) in [4.78, 5) is 4.60. The Labute approximate surface area is 134 Å². The van der Waals surface area contributed by atoms with Gasteiger partial charge in [-0.05, 0) is 0 Å². The first-order valence-corrected chi connectivity index (χ1v) is 9.70. The first-order valence-electron chi connectivity index (χ1n) is 7.72. The molecule has 2 aromatic rings. The number of para-hydroxylation sites is 1. The fraction of sp³-hybridized carbons (Fsp3) is 0.471. The maximum atomic E-state index is 6.02. The number of aromatic nitrogens is 1. The number of nitrogens with zero attached hydrogens (tertiary/aromatic N) is 1. The summed E-state index contributed by atoms with van der Waals surface area (Å²) < 4.78 is 12.0. The molecule has 1 fully saturated rings. The van der Waals surface area contributed by atoms with E-state index in [9.17, 15) is 0 Å². The van der Waals surface area contributed by atoms with Crippen molar-refractivity contribution >= 4 is 29.0 Å². The Morgan fingerprint density at radius 3 is 2.71 bits per heavy atom. The second-order valence-electron chi connectivity index (χ2n) is 6.01. The molecule has 0 bridgehead atoms. The Balaban J connectivity index is 1.61. The van der Waals surface area contributed by atoms with Gasteiger partial charge in [0.2, 0.25) is 0 Å². The molecule has 109 valence electrons. The van der Waals surface area contributed by atoms with E-state index < -0.39 is 18.1 Å². The molecular weight excluding hydrogens is 320 g/mol. The molecule has 1 aliphatic carbocycles. The van der Waals surface area contributed by atoms with Crippen LogP contribution in [0, 0.1) is 12.8 Å². The summed E-state index contributed by atoms with van der Waals surface area (Å²) in [5.41, 5.74) is 1.97. The van der Waals surface area contributed by atoms with Crippen LogP contribution in [0.15, 0.2) is 30.3 Å². The van der Waals surface area contributed by atoms with E-state index in [4.69, 9.17) is 7.06 Å². The van der Waals surface area contributed by atoms with E-state index in [-0.39, 0.29) is 0 Å². The standard InChI is InChI=1S/C10H9NO.C7H13O.Ga/c1-7-5-6-8-3-2-4-9(12)10(8)11-7;1-6-2-4-7(8)5-3-6;/h2-6,12H,1H3;6-7H,2-5H2,1H3;/q;-1;+2/p-1. The molecular formula is C17H21GaNO2. The van der Waals surface area contributed by atoms with Gasteiger partial charge in [0.25, 0.3) is 0 Å². The van der Waals surface area contributed by atoms with E-state index in [0.29, 0.717) is 6.10 Å². The minimum absolute atomic E-state index is 0.422. The third-order valence-electron chi connectivity index (χ3n) is 4.21. The number of pyridine rings is 1. The summed E-state index contributed by atoms with van der Waals surface area (Å²) in [6.07, 6.45) is 5.38. The summed E-state index contributed by atoms with van der Waals surface area (Å²) in [6, 6.07) is 10.2. The minimum atomic E-state index is -1.15. The Bertz CT molecular complexity index is 609. The predicted octanol–water partition coefficient (Wildman–Crippen LogP) is 4.05. The summed E-state index contributed by atoms with van der Waals surface area (Å²) >= 11 is -1.15. The van der Waals surface area contributed by atoms with Crippen molar-refractivity contribution in [3.05, 3.63) is 36.0 Å². The topological polar surface area (TPSA) is 31.4 Å². The summed E-state index contributed by atoms with van der Waals surface area (Å²) in [5, 5.41) is 1.13. The van der Waals surface area contributed by atoms with Gasteiger partial charge in [-0.15, -0.1) is 0 Å². The molecule has 1 aromatic carbocycles. The van der Waals surface area contributed by atoms with Gasteiger partial charge in [-0.3, -0.25) is 0 Å². The molecule has 1 saturated carbocycles. The van der Waals surface area contributed by atoms with E-state index in [2.05, 4.69) is 24.0 Å². The van der Waals surface area contributed by atoms with Gasteiger partial charge in [0, 0.05) is 0 Å². The fourth-order valence-electron chi connectivity index (χ4n) is 2.84. The molecule has 1 aromatic heterocycles. The van der Waals surface area contributed by atoms with Gasteiger partial charge in [0.15, 0.2) is 0 Å². The van der Waals surface area contributed by atoms with Crippen LogP contribution in [0.3, 0.4) is 0 Å². The summed E-state index contributed by atoms with van der Waals surface area (Å²) in [6.45, 7) is 4.34. The van der Waals surface area contributed by atoms with Gasteiger partial charge in [-0.2, -0.15) is 0 Å². The normalized spacial score (nSPS) is 22.2. The summed E-state index contributed by atoms with van der Waals surface area (Å²) in [5.74, 6) is 1.74. The Kier molecular flexibility index (Phi) is 4.88. The van der Waals surface area contributed by atoms with Crippen LogP contribution in [0.1, 0.15) is 38.3 Å². The molecule has 0 amide bonds. The van der Waals surface area contributed by atoms with E-state index in [1.54, 1.807) is 0 Å². The van der Waals surface area contributed by atoms with Crippen LogP contribution < -0.4 is 3.53 Å². The average Bonchev–Trinajstić information content (AvgIpc) is 2.50. The van der Waals surface area contributed by atoms with Crippen molar-refractivity contribution in [1.29, 1.82) is 0 Å². The van der Waals surface area contributed by atoms with Crippen LogP contribution >= 0.6 is 0 Å². The van der Waals surface area contributed by atoms with E-state index in [0.717, 1.165) is 28.3 Å². The molecule has 0 aliphatic heterocycles. The van der Waals surface area contributed by atoms with Crippen LogP contribution in [0.25, 0.3) is 10.9 Å². The van der Waals surface area contributed by atoms with Crippen LogP contribution in [-0.4, -0.2) is 29.2 Å². The number of benzene rings is 1. The average molecular weight is 341 g/mol. The van der Waals surface area contributed by atoms with E-state index >= 15 is 0 Å². The molecule has 3 nitrogen and oxygen atoms in total. The molecule has 1 aliphatic rings. The van der Waals surface area contributed by atoms with Crippen molar-refractivity contribution in [2.24, 2.45) is 5.92 Å². The molecule has 0 atom stereocenters. The third kappa shape index (κ3) is 3.81. The van der Waals surface area contributed by atoms with Crippen LogP contribution in [0.2, 0.25) is 0 Å². The van der Waals surface area contributed by atoms with Crippen LogP contribution in [0.4, 0.5) is 0 Å². The number of fused-ring (bicyclic) bond motifs is 1. The second kappa shape index (κ2) is 6.86. The van der Waals surface area contributed by atoms with Gasteiger partial charge in [-0.25, -0.2) is 0 Å². The SMILES string of the molecule is Cc1ccc2cccc([O][Ga][O]C3CCC(C)CC3)c2n1. The second-order valence-corrected chi connectivity index (χ2v) is 7.48. The number of rotatable bonds is 4. The number of hydrogen-bond acceptors (Lipinski definition) is 3. The van der Waals surface area contributed by atoms with Gasteiger partial charge in [-0.1, -0.05) is 0 Å². The van der Waals surface area contributed by atoms with Crippen LogP contribution in [-0.2, 0) is 3.53 Å². The molecule has 0 unspecified atom stereocenters. The zero-order chi connectivity index (χ0) is 14.7. The van der Waals surface area contributed by atoms with Crippen molar-refractivity contribution in [3.63, 3.8) is 0 Å². The Morgan fingerprint density at radius 1 is 1.10 bits per heavy atom. The van der Waals surface area contributed by atoms with Crippen molar-refractivity contribution < 1.29 is 7.06 Å². The quantitative estimate of drug-likeness (QED) is 0.787. The monoisotopic (exact) mass is 340 g/mol. The zero-order valence-electron chi connectivity index (χ0n) is 12.7. The molecule has 0 saturated heterocycles. The predicted molar refractivity (Wildman–Crippen MR) is 85.4 cm³/mol. The fourth-order valence-corrected chi connectivity index (χ4v) is 4.47. The number of hydrogen-bond donors (Lipinski definition) is 0. The molecule has 4 heteroatoms. The molecule has 0 N–H and O–H groups in total. The molecule has 0 spiro atoms. The van der Waals surface area contributed by atoms with Gasteiger partial charge in [0.1, 0.15) is 0 Å².